The van der Waals surface area contributed by atoms with Gasteiger partial charge in [0.1, 0.15) is 59.2 Å². The third kappa shape index (κ3) is 7.63. The summed E-state index contributed by atoms with van der Waals surface area (Å²) in [5, 5.41) is 60.4. The summed E-state index contributed by atoms with van der Waals surface area (Å²) in [6.45, 7) is -0.660. The minimum Gasteiger partial charge on any atom is -0.508 e. The lowest BCUT2D eigenvalue weighted by Crippen LogP contribution is -2.60. The fourth-order valence-electron chi connectivity index (χ4n) is 4.57. The summed E-state index contributed by atoms with van der Waals surface area (Å²) < 4.78 is 58.8. The van der Waals surface area contributed by atoms with Crippen LogP contribution in [0.1, 0.15) is 5.56 Å². The summed E-state index contributed by atoms with van der Waals surface area (Å²) >= 11 is 0. The third-order valence-electron chi connectivity index (χ3n) is 6.82. The molecule has 0 amide bonds. The van der Waals surface area contributed by atoms with Crippen LogP contribution in [0.4, 0.5) is 0 Å². The zero-order valence-corrected chi connectivity index (χ0v) is 24.6. The molecule has 17 heteroatoms. The lowest BCUT2D eigenvalue weighted by Gasteiger charge is -2.39. The molecule has 0 unspecified atom stereocenters. The van der Waals surface area contributed by atoms with E-state index >= 15 is 0 Å². The van der Waals surface area contributed by atoms with E-state index in [1.807, 2.05) is 0 Å². The number of benzene rings is 3. The van der Waals surface area contributed by atoms with Gasteiger partial charge >= 0.3 is 16.4 Å². The van der Waals surface area contributed by atoms with Crippen molar-refractivity contribution in [3.05, 3.63) is 82.5 Å². The maximum absolute atomic E-state index is 13.8. The van der Waals surface area contributed by atoms with Crippen LogP contribution in [0.2, 0.25) is 0 Å². The molecule has 1 aliphatic rings. The van der Waals surface area contributed by atoms with Gasteiger partial charge in [-0.2, -0.15) is 8.42 Å². The highest BCUT2D eigenvalue weighted by atomic mass is 32.3. The number of aromatic hydroxyl groups is 3. The van der Waals surface area contributed by atoms with Crippen molar-refractivity contribution in [1.29, 1.82) is 0 Å². The number of esters is 1. The largest absolute Gasteiger partial charge is 0.508 e. The molecule has 1 aliphatic heterocycles. The molecule has 47 heavy (non-hydrogen) atoms. The summed E-state index contributed by atoms with van der Waals surface area (Å²) in [4.78, 5) is 26.1. The number of carbonyl (C=O) groups excluding carboxylic acids is 1. The van der Waals surface area contributed by atoms with Crippen LogP contribution < -0.4 is 14.3 Å². The smallest absolute Gasteiger partial charge is 0.446 e. The summed E-state index contributed by atoms with van der Waals surface area (Å²) in [7, 11) is -5.22. The zero-order valence-electron chi connectivity index (χ0n) is 23.7. The van der Waals surface area contributed by atoms with E-state index in [4.69, 9.17) is 18.6 Å². The molecule has 1 fully saturated rings. The first-order valence-electron chi connectivity index (χ1n) is 13.5. The number of carbonyl (C=O) groups is 1. The van der Waals surface area contributed by atoms with Crippen LogP contribution in [0.15, 0.2) is 76.0 Å². The van der Waals surface area contributed by atoms with Crippen LogP contribution in [0.3, 0.4) is 0 Å². The predicted molar refractivity (Wildman–Crippen MR) is 159 cm³/mol. The number of aliphatic hydroxyl groups is 3. The Morgan fingerprint density at radius 2 is 1.51 bits per heavy atom. The molecule has 0 spiro atoms. The molecule has 5 atom stereocenters. The highest BCUT2D eigenvalue weighted by Crippen LogP contribution is 2.38. The van der Waals surface area contributed by atoms with E-state index < -0.39 is 87.3 Å². The van der Waals surface area contributed by atoms with Gasteiger partial charge in [0.15, 0.2) is 11.5 Å². The van der Waals surface area contributed by atoms with Crippen molar-refractivity contribution >= 4 is 33.4 Å². The number of hydrogen-bond acceptors (Lipinski definition) is 15. The number of ether oxygens (including phenoxy) is 3. The van der Waals surface area contributed by atoms with E-state index in [0.717, 1.165) is 12.1 Å². The van der Waals surface area contributed by atoms with Gasteiger partial charge in [-0.3, -0.25) is 9.35 Å². The van der Waals surface area contributed by atoms with Crippen molar-refractivity contribution < 1.29 is 71.2 Å². The average molecular weight is 675 g/mol. The number of hydrogen-bond donors (Lipinski definition) is 7. The molecule has 0 saturated carbocycles. The standard InChI is InChI=1S/C30H26O16S/c31-16-6-1-14(2-7-16)3-10-22(34)42-13-21-24(35)26(37)27(38)30(44-21)45-29-25(36)23-19(11-18(33)12-20(23)46-47(39,40)41)43-28(29)15-4-8-17(32)9-5-15/h1-12,21,24,26-27,30-33,35,37-38H,13H2,(H,39,40,41)/b10-3+/t21-,24-,26+,27-,30+/m1/s1. The molecule has 248 valence electrons. The Kier molecular flexibility index (Phi) is 9.38. The van der Waals surface area contributed by atoms with Gasteiger partial charge in [0.25, 0.3) is 0 Å². The molecular formula is C30H26O16S. The van der Waals surface area contributed by atoms with Gasteiger partial charge in [0.2, 0.25) is 17.5 Å². The van der Waals surface area contributed by atoms with Gasteiger partial charge in [-0.15, -0.1) is 0 Å². The van der Waals surface area contributed by atoms with Gasteiger partial charge in [-0.25, -0.2) is 4.79 Å². The Bertz CT molecular complexity index is 1970. The minimum atomic E-state index is -5.22. The van der Waals surface area contributed by atoms with Gasteiger partial charge in [0.05, 0.1) is 0 Å². The van der Waals surface area contributed by atoms with Crippen LogP contribution in [0, 0.1) is 0 Å². The first-order valence-corrected chi connectivity index (χ1v) is 14.9. The van der Waals surface area contributed by atoms with Gasteiger partial charge in [-0.1, -0.05) is 12.1 Å². The molecule has 1 saturated heterocycles. The average Bonchev–Trinajstić information content (AvgIpc) is 3.00. The van der Waals surface area contributed by atoms with Crippen molar-refractivity contribution in [3.63, 3.8) is 0 Å². The quantitative estimate of drug-likeness (QED) is 0.0747. The van der Waals surface area contributed by atoms with Crippen LogP contribution in [0.25, 0.3) is 28.4 Å². The van der Waals surface area contributed by atoms with E-state index in [1.54, 1.807) is 0 Å². The van der Waals surface area contributed by atoms with Gasteiger partial charge in [0, 0.05) is 23.8 Å². The lowest BCUT2D eigenvalue weighted by atomic mass is 9.99. The highest BCUT2D eigenvalue weighted by molar-refractivity contribution is 7.81. The minimum absolute atomic E-state index is 0.0218. The number of aliphatic hydroxyl groups excluding tert-OH is 3. The van der Waals surface area contributed by atoms with Crippen molar-refractivity contribution in [2.75, 3.05) is 6.61 Å². The second kappa shape index (κ2) is 13.3. The van der Waals surface area contributed by atoms with Crippen LogP contribution in [0.5, 0.6) is 28.7 Å². The van der Waals surface area contributed by atoms with Crippen molar-refractivity contribution in [2.45, 2.75) is 30.7 Å². The Hall–Kier alpha value is -5.17. The Morgan fingerprint density at radius 3 is 2.15 bits per heavy atom. The molecule has 16 nitrogen and oxygen atoms in total. The van der Waals surface area contributed by atoms with E-state index in [9.17, 15) is 53.2 Å². The highest BCUT2D eigenvalue weighted by Gasteiger charge is 2.46. The first-order chi connectivity index (χ1) is 22.2. The van der Waals surface area contributed by atoms with Crippen molar-refractivity contribution in [2.24, 2.45) is 0 Å². The zero-order chi connectivity index (χ0) is 34.0. The summed E-state index contributed by atoms with van der Waals surface area (Å²) in [5.41, 5.74) is -0.949. The number of rotatable bonds is 9. The molecule has 0 aliphatic carbocycles. The summed E-state index contributed by atoms with van der Waals surface area (Å²) in [5.74, 6) is -3.65. The van der Waals surface area contributed by atoms with Gasteiger partial charge < -0.3 is 53.4 Å². The van der Waals surface area contributed by atoms with Gasteiger partial charge in [-0.05, 0) is 48.0 Å². The van der Waals surface area contributed by atoms with Crippen molar-refractivity contribution in [3.8, 4) is 40.1 Å². The lowest BCUT2D eigenvalue weighted by molar-refractivity contribution is -0.278. The normalized spacial score (nSPS) is 21.5. The Morgan fingerprint density at radius 1 is 0.872 bits per heavy atom. The van der Waals surface area contributed by atoms with E-state index in [0.29, 0.717) is 11.6 Å². The summed E-state index contributed by atoms with van der Waals surface area (Å²) in [6.07, 6.45) is -6.79. The van der Waals surface area contributed by atoms with E-state index in [1.165, 1.54) is 54.6 Å². The topological polar surface area (TPSA) is 260 Å². The Labute approximate surface area is 264 Å². The molecule has 2 heterocycles. The maximum Gasteiger partial charge on any atom is 0.446 e. The Balaban J connectivity index is 1.48. The maximum atomic E-state index is 13.8. The number of fused-ring (bicyclic) bond motifs is 1. The molecule has 7 N–H and O–H groups in total. The SMILES string of the molecule is O=C(/C=C/c1ccc(O)cc1)OC[C@H]1O[C@@H](Oc2c(-c3ccc(O)cc3)oc3cc(O)cc(OS(=O)(=O)O)c3c2=O)[C@H](O)[C@@H](O)[C@@H]1O. The molecule has 5 rings (SSSR count). The van der Waals surface area contributed by atoms with Crippen molar-refractivity contribution in [1.82, 2.24) is 0 Å². The molecule has 1 aromatic heterocycles. The molecule has 0 radical (unpaired) electrons. The number of phenolic OH excluding ortho intramolecular Hbond substituents is 3. The molecular weight excluding hydrogens is 648 g/mol. The van der Waals surface area contributed by atoms with Crippen LogP contribution >= 0.6 is 0 Å². The fourth-order valence-corrected chi connectivity index (χ4v) is 4.93. The second-order valence-corrected chi connectivity index (χ2v) is 11.2. The molecule has 0 bridgehead atoms. The second-order valence-electron chi connectivity index (χ2n) is 10.2. The van der Waals surface area contributed by atoms with Crippen LogP contribution in [-0.4, -0.2) is 86.9 Å². The van der Waals surface area contributed by atoms with E-state index in [2.05, 4.69) is 4.18 Å². The number of phenols is 3. The van der Waals surface area contributed by atoms with E-state index in [-0.39, 0.29) is 22.8 Å². The summed E-state index contributed by atoms with van der Waals surface area (Å²) in [6, 6.07) is 12.6. The third-order valence-corrected chi connectivity index (χ3v) is 7.21. The molecule has 3 aromatic carbocycles. The molecule has 4 aromatic rings. The fraction of sp³-hybridized carbons (Fsp3) is 0.200. The van der Waals surface area contributed by atoms with Crippen LogP contribution in [-0.2, 0) is 24.7 Å². The monoisotopic (exact) mass is 674 g/mol. The predicted octanol–water partition coefficient (Wildman–Crippen LogP) is 1.20. The first kappa shape index (κ1) is 33.2.